The Morgan fingerprint density at radius 3 is 2.12 bits per heavy atom. The van der Waals surface area contributed by atoms with E-state index in [9.17, 15) is 23.2 Å². The van der Waals surface area contributed by atoms with Crippen LogP contribution in [0.2, 0.25) is 0 Å². The van der Waals surface area contributed by atoms with Crippen molar-refractivity contribution in [2.75, 3.05) is 13.2 Å². The summed E-state index contributed by atoms with van der Waals surface area (Å²) < 4.78 is 31.9. The van der Waals surface area contributed by atoms with Gasteiger partial charge in [0.15, 0.2) is 6.10 Å². The second-order valence-electron chi connectivity index (χ2n) is 7.61. The topological polar surface area (TPSA) is 125 Å². The smallest absolute Gasteiger partial charge is 0.407 e. The molecule has 0 bridgehead atoms. The fourth-order valence-electron chi connectivity index (χ4n) is 3.74. The number of halogens is 2. The van der Waals surface area contributed by atoms with Gasteiger partial charge in [0.25, 0.3) is 6.43 Å². The molecule has 33 heavy (non-hydrogen) atoms. The van der Waals surface area contributed by atoms with Crippen LogP contribution in [0.25, 0.3) is 11.1 Å². The van der Waals surface area contributed by atoms with Crippen LogP contribution in [0, 0.1) is 0 Å². The standard InChI is InChI=1S/C23H24F2N2O6/c24-21(25)18(11-20(29)26-10-9-19(28)22(30)31)27-23(32)33-12-17-15-7-3-1-5-13(15)14-6-2-4-8-16(14)17/h1-8,17-19,21,28H,9-12H2,(H,26,29)(H,27,32)(H,30,31)/t18?,19-/m0/s1. The maximum atomic E-state index is 13.3. The van der Waals surface area contributed by atoms with E-state index < -0.39 is 43.0 Å². The number of aliphatic hydroxyl groups excluding tert-OH is 1. The van der Waals surface area contributed by atoms with E-state index in [1.165, 1.54) is 0 Å². The van der Waals surface area contributed by atoms with E-state index in [2.05, 4.69) is 5.32 Å². The van der Waals surface area contributed by atoms with E-state index in [1.807, 2.05) is 53.8 Å². The molecule has 2 aromatic carbocycles. The van der Waals surface area contributed by atoms with Crippen molar-refractivity contribution in [3.05, 3.63) is 59.7 Å². The van der Waals surface area contributed by atoms with Gasteiger partial charge in [-0.2, -0.15) is 0 Å². The normalized spacial score (nSPS) is 14.2. The number of rotatable bonds is 10. The molecule has 1 unspecified atom stereocenters. The van der Waals surface area contributed by atoms with E-state index in [-0.39, 0.29) is 25.5 Å². The average Bonchev–Trinajstić information content (AvgIpc) is 3.10. The summed E-state index contributed by atoms with van der Waals surface area (Å²) in [5, 5.41) is 22.0. The molecular weight excluding hydrogens is 438 g/mol. The molecule has 3 rings (SSSR count). The lowest BCUT2D eigenvalue weighted by Crippen LogP contribution is -2.44. The molecule has 10 heteroatoms. The first-order valence-electron chi connectivity index (χ1n) is 10.3. The number of alkyl halides is 2. The van der Waals surface area contributed by atoms with Crippen molar-refractivity contribution in [2.24, 2.45) is 0 Å². The number of carbonyl (C=O) groups excluding carboxylic acids is 2. The average molecular weight is 462 g/mol. The molecular formula is C23H24F2N2O6. The van der Waals surface area contributed by atoms with Gasteiger partial charge in [0, 0.05) is 18.9 Å². The Morgan fingerprint density at radius 2 is 1.58 bits per heavy atom. The lowest BCUT2D eigenvalue weighted by molar-refractivity contribution is -0.147. The first kappa shape index (κ1) is 24.1. The maximum absolute atomic E-state index is 13.3. The van der Waals surface area contributed by atoms with Crippen molar-refractivity contribution < 1.29 is 38.1 Å². The maximum Gasteiger partial charge on any atom is 0.407 e. The Labute approximate surface area is 188 Å². The van der Waals surface area contributed by atoms with Crippen LogP contribution in [-0.4, -0.2) is 59.9 Å². The van der Waals surface area contributed by atoms with E-state index >= 15 is 0 Å². The van der Waals surface area contributed by atoms with Crippen LogP contribution in [0.15, 0.2) is 48.5 Å². The van der Waals surface area contributed by atoms with Crippen LogP contribution in [0.4, 0.5) is 13.6 Å². The predicted molar refractivity (Wildman–Crippen MR) is 114 cm³/mol. The van der Waals surface area contributed by atoms with E-state index in [0.29, 0.717) is 0 Å². The number of ether oxygens (including phenoxy) is 1. The van der Waals surface area contributed by atoms with E-state index in [0.717, 1.165) is 22.3 Å². The van der Waals surface area contributed by atoms with Crippen LogP contribution in [-0.2, 0) is 14.3 Å². The van der Waals surface area contributed by atoms with Crippen molar-refractivity contribution in [3.8, 4) is 11.1 Å². The summed E-state index contributed by atoms with van der Waals surface area (Å²) in [6.45, 7) is -0.276. The molecule has 1 aliphatic carbocycles. The zero-order chi connectivity index (χ0) is 24.0. The zero-order valence-electron chi connectivity index (χ0n) is 17.5. The third-order valence-electron chi connectivity index (χ3n) is 5.38. The summed E-state index contributed by atoms with van der Waals surface area (Å²) >= 11 is 0. The number of carbonyl (C=O) groups is 3. The first-order valence-corrected chi connectivity index (χ1v) is 10.3. The molecule has 0 radical (unpaired) electrons. The fourth-order valence-corrected chi connectivity index (χ4v) is 3.74. The van der Waals surface area contributed by atoms with Gasteiger partial charge in [-0.3, -0.25) is 4.79 Å². The second kappa shape index (κ2) is 10.9. The number of carboxylic acids is 1. The van der Waals surface area contributed by atoms with Gasteiger partial charge in [-0.25, -0.2) is 18.4 Å². The van der Waals surface area contributed by atoms with Crippen molar-refractivity contribution in [1.82, 2.24) is 10.6 Å². The Bertz CT molecular complexity index is 970. The number of fused-ring (bicyclic) bond motifs is 3. The number of hydrogen-bond donors (Lipinski definition) is 4. The highest BCUT2D eigenvalue weighted by Gasteiger charge is 2.30. The first-order chi connectivity index (χ1) is 15.8. The van der Waals surface area contributed by atoms with Gasteiger partial charge in [0.2, 0.25) is 5.91 Å². The fraction of sp³-hybridized carbons (Fsp3) is 0.348. The lowest BCUT2D eigenvalue weighted by atomic mass is 9.98. The van der Waals surface area contributed by atoms with Gasteiger partial charge in [0.1, 0.15) is 12.6 Å². The number of carboxylic acid groups (broad SMARTS) is 1. The highest BCUT2D eigenvalue weighted by molar-refractivity contribution is 5.79. The van der Waals surface area contributed by atoms with Gasteiger partial charge < -0.3 is 25.6 Å². The molecule has 0 saturated carbocycles. The van der Waals surface area contributed by atoms with Gasteiger partial charge in [-0.15, -0.1) is 0 Å². The molecule has 0 aliphatic heterocycles. The largest absolute Gasteiger partial charge is 0.479 e. The summed E-state index contributed by atoms with van der Waals surface area (Å²) in [5.41, 5.74) is 3.99. The van der Waals surface area contributed by atoms with E-state index in [4.69, 9.17) is 14.9 Å². The molecule has 2 aromatic rings. The highest BCUT2D eigenvalue weighted by atomic mass is 19.3. The summed E-state index contributed by atoms with van der Waals surface area (Å²) in [7, 11) is 0. The SMILES string of the molecule is O=C(CC(NC(=O)OCC1c2ccccc2-c2ccccc21)C(F)F)NCC[C@H](O)C(=O)O. The minimum Gasteiger partial charge on any atom is -0.479 e. The van der Waals surface area contributed by atoms with Crippen molar-refractivity contribution in [2.45, 2.75) is 37.3 Å². The molecule has 4 N–H and O–H groups in total. The van der Waals surface area contributed by atoms with Gasteiger partial charge in [-0.1, -0.05) is 48.5 Å². The third kappa shape index (κ3) is 6.04. The van der Waals surface area contributed by atoms with Crippen LogP contribution in [0.3, 0.4) is 0 Å². The number of hydrogen-bond acceptors (Lipinski definition) is 5. The number of benzene rings is 2. The molecule has 0 heterocycles. The number of alkyl carbamates (subject to hydrolysis) is 1. The minimum atomic E-state index is -3.03. The Kier molecular flexibility index (Phi) is 7.94. The van der Waals surface area contributed by atoms with E-state index in [1.54, 1.807) is 0 Å². The van der Waals surface area contributed by atoms with Crippen LogP contribution < -0.4 is 10.6 Å². The molecule has 8 nitrogen and oxygen atoms in total. The number of amides is 2. The summed E-state index contributed by atoms with van der Waals surface area (Å²) in [4.78, 5) is 34.6. The number of aliphatic carboxylic acids is 1. The predicted octanol–water partition coefficient (Wildman–Crippen LogP) is 2.50. The molecule has 2 amide bonds. The minimum absolute atomic E-state index is 0.0604. The van der Waals surface area contributed by atoms with Crippen LogP contribution in [0.5, 0.6) is 0 Å². The zero-order valence-corrected chi connectivity index (χ0v) is 17.5. The quantitative estimate of drug-likeness (QED) is 0.430. The third-order valence-corrected chi connectivity index (χ3v) is 5.38. The monoisotopic (exact) mass is 462 g/mol. The van der Waals surface area contributed by atoms with Crippen molar-refractivity contribution in [1.29, 1.82) is 0 Å². The van der Waals surface area contributed by atoms with Crippen molar-refractivity contribution >= 4 is 18.0 Å². The Balaban J connectivity index is 1.53. The molecule has 0 aromatic heterocycles. The lowest BCUT2D eigenvalue weighted by Gasteiger charge is -2.19. The highest BCUT2D eigenvalue weighted by Crippen LogP contribution is 2.44. The van der Waals surface area contributed by atoms with Crippen molar-refractivity contribution in [3.63, 3.8) is 0 Å². The molecule has 0 spiro atoms. The Hall–Kier alpha value is -3.53. The number of aliphatic hydroxyl groups is 1. The summed E-state index contributed by atoms with van der Waals surface area (Å²) in [6, 6.07) is 13.6. The van der Waals surface area contributed by atoms with Crippen LogP contribution in [0.1, 0.15) is 29.9 Å². The number of nitrogens with one attached hydrogen (secondary N) is 2. The second-order valence-corrected chi connectivity index (χ2v) is 7.61. The molecule has 1 aliphatic rings. The molecule has 0 fully saturated rings. The summed E-state index contributed by atoms with van der Waals surface area (Å²) in [5.74, 6) is -2.51. The molecule has 0 saturated heterocycles. The molecule has 2 atom stereocenters. The van der Waals surface area contributed by atoms with Gasteiger partial charge >= 0.3 is 12.1 Å². The molecule has 176 valence electrons. The summed E-state index contributed by atoms with van der Waals surface area (Å²) in [6.07, 6.45) is -6.78. The van der Waals surface area contributed by atoms with Gasteiger partial charge in [0.05, 0.1) is 6.42 Å². The van der Waals surface area contributed by atoms with Crippen LogP contribution >= 0.6 is 0 Å². The Morgan fingerprint density at radius 1 is 1.00 bits per heavy atom. The van der Waals surface area contributed by atoms with Gasteiger partial charge in [-0.05, 0) is 22.3 Å².